The molecule has 0 aliphatic heterocycles. The highest BCUT2D eigenvalue weighted by molar-refractivity contribution is 6.11. The van der Waals surface area contributed by atoms with Gasteiger partial charge in [0.05, 0.1) is 17.9 Å². The van der Waals surface area contributed by atoms with Gasteiger partial charge in [0.2, 0.25) is 0 Å². The zero-order valence-electron chi connectivity index (χ0n) is 31.5. The van der Waals surface area contributed by atoms with Crippen LogP contribution in [0.3, 0.4) is 0 Å². The van der Waals surface area contributed by atoms with Crippen LogP contribution in [0, 0.1) is 0 Å². The fourth-order valence-corrected chi connectivity index (χ4v) is 6.84. The van der Waals surface area contributed by atoms with Crippen LogP contribution in [0.5, 0.6) is 0 Å². The van der Waals surface area contributed by atoms with Crippen LogP contribution in [-0.4, -0.2) is 19.5 Å². The van der Waals surface area contributed by atoms with Gasteiger partial charge < -0.3 is 8.98 Å². The Bertz CT molecular complexity index is 3130. The van der Waals surface area contributed by atoms with Gasteiger partial charge in [0.25, 0.3) is 0 Å². The Hall–Kier alpha value is -6.85. The topological polar surface area (TPSA) is 56.7 Å². The fraction of sp³-hybridized carbons (Fsp3) is 0. The van der Waals surface area contributed by atoms with E-state index in [0.717, 1.165) is 49.4 Å². The SMILES string of the molecule is [2H]c1c([2H])c([2H])c(-c2cccc3c2oc2cc(-c4nc(-c5ccccc5)nc(-c5ccc6c(c5)c5ccccc5n6-c5ccccc5)n4)ccc23)c([2H])c1[2H]. The third kappa shape index (κ3) is 4.60. The lowest BCUT2D eigenvalue weighted by atomic mass is 10.0. The lowest BCUT2D eigenvalue weighted by Crippen LogP contribution is -2.00. The van der Waals surface area contributed by atoms with Gasteiger partial charge in [-0.05, 0) is 54.1 Å². The first-order valence-electron chi connectivity index (χ1n) is 18.8. The molecule has 0 atom stereocenters. The lowest BCUT2D eigenvalue weighted by Gasteiger charge is -2.10. The summed E-state index contributed by atoms with van der Waals surface area (Å²) in [5.74, 6) is 1.51. The van der Waals surface area contributed by atoms with Crippen LogP contribution in [0.15, 0.2) is 174 Å². The summed E-state index contributed by atoms with van der Waals surface area (Å²) in [7, 11) is 0. The third-order valence-electron chi connectivity index (χ3n) is 9.14. The molecule has 5 heteroatoms. The molecule has 0 saturated heterocycles. The van der Waals surface area contributed by atoms with Crippen LogP contribution in [0.2, 0.25) is 0 Å². The first kappa shape index (κ1) is 23.5. The smallest absolute Gasteiger partial charge is 0.164 e. The van der Waals surface area contributed by atoms with Crippen molar-refractivity contribution in [3.05, 3.63) is 170 Å². The number of nitrogens with zero attached hydrogens (tertiary/aromatic N) is 4. The average Bonchev–Trinajstić information content (AvgIpc) is 3.78. The van der Waals surface area contributed by atoms with Crippen molar-refractivity contribution >= 4 is 43.7 Å². The summed E-state index contributed by atoms with van der Waals surface area (Å²) in [6, 6.07) is 44.3. The molecule has 10 aromatic rings. The van der Waals surface area contributed by atoms with Crippen molar-refractivity contribution < 1.29 is 11.3 Å². The van der Waals surface area contributed by atoms with Crippen LogP contribution < -0.4 is 0 Å². The van der Waals surface area contributed by atoms with Crippen LogP contribution >= 0.6 is 0 Å². The minimum atomic E-state index is -0.439. The standard InChI is InChI=1S/C45H28N4O/c1-4-13-29(14-5-1)34-20-12-21-37-36-25-23-32(28-41(36)50-42(34)37)45-47-43(30-15-6-2-7-16-30)46-44(48-45)31-24-26-40-38(27-31)35-19-10-11-22-39(35)49(40)33-17-8-3-9-18-33/h1-28H/i1D,4D,5D,13D,14D. The molecule has 0 spiro atoms. The molecule has 234 valence electrons. The summed E-state index contributed by atoms with van der Waals surface area (Å²) in [5.41, 5.74) is 7.15. The van der Waals surface area contributed by atoms with Gasteiger partial charge in [0.1, 0.15) is 11.2 Å². The predicted molar refractivity (Wildman–Crippen MR) is 203 cm³/mol. The summed E-state index contributed by atoms with van der Waals surface area (Å²) in [6.45, 7) is 0. The molecule has 0 amide bonds. The summed E-state index contributed by atoms with van der Waals surface area (Å²) >= 11 is 0. The summed E-state index contributed by atoms with van der Waals surface area (Å²) in [4.78, 5) is 15.0. The van der Waals surface area contributed by atoms with Gasteiger partial charge in [-0.15, -0.1) is 0 Å². The van der Waals surface area contributed by atoms with Gasteiger partial charge in [0.15, 0.2) is 17.5 Å². The molecule has 5 nitrogen and oxygen atoms in total. The van der Waals surface area contributed by atoms with Crippen molar-refractivity contribution in [3.8, 4) is 51.0 Å². The number of furan rings is 1. The van der Waals surface area contributed by atoms with E-state index in [0.29, 0.717) is 39.8 Å². The summed E-state index contributed by atoms with van der Waals surface area (Å²) in [5, 5.41) is 3.78. The number of benzene rings is 7. The number of para-hydroxylation sites is 3. The maximum atomic E-state index is 8.60. The van der Waals surface area contributed by atoms with E-state index < -0.39 is 18.1 Å². The molecule has 0 fully saturated rings. The number of aromatic nitrogens is 4. The van der Waals surface area contributed by atoms with Crippen molar-refractivity contribution in [3.63, 3.8) is 0 Å². The van der Waals surface area contributed by atoms with Crippen LogP contribution in [0.4, 0.5) is 0 Å². The third-order valence-corrected chi connectivity index (χ3v) is 9.14. The number of hydrogen-bond acceptors (Lipinski definition) is 4. The molecule has 0 unspecified atom stereocenters. The van der Waals surface area contributed by atoms with E-state index >= 15 is 0 Å². The molecule has 10 rings (SSSR count). The summed E-state index contributed by atoms with van der Waals surface area (Å²) < 4.78 is 50.5. The predicted octanol–water partition coefficient (Wildman–Crippen LogP) is 11.5. The van der Waals surface area contributed by atoms with Gasteiger partial charge in [-0.2, -0.15) is 0 Å². The molecule has 0 radical (unpaired) electrons. The highest BCUT2D eigenvalue weighted by Gasteiger charge is 2.18. The van der Waals surface area contributed by atoms with E-state index in [1.807, 2.05) is 72.8 Å². The van der Waals surface area contributed by atoms with Crippen molar-refractivity contribution in [2.45, 2.75) is 0 Å². The van der Waals surface area contributed by atoms with E-state index in [-0.39, 0.29) is 17.6 Å². The molecular weight excluding hydrogens is 613 g/mol. The molecule has 7 aromatic carbocycles. The first-order valence-corrected chi connectivity index (χ1v) is 16.3. The van der Waals surface area contributed by atoms with Crippen LogP contribution in [-0.2, 0) is 0 Å². The quantitative estimate of drug-likeness (QED) is 0.187. The van der Waals surface area contributed by atoms with Gasteiger partial charge >= 0.3 is 0 Å². The van der Waals surface area contributed by atoms with Gasteiger partial charge in [-0.1, -0.05) is 121 Å². The molecule has 50 heavy (non-hydrogen) atoms. The van der Waals surface area contributed by atoms with Crippen LogP contribution in [0.1, 0.15) is 6.85 Å². The molecule has 0 aliphatic rings. The van der Waals surface area contributed by atoms with Crippen molar-refractivity contribution in [2.75, 3.05) is 0 Å². The second-order valence-electron chi connectivity index (χ2n) is 12.1. The Morgan fingerprint density at radius 2 is 1.10 bits per heavy atom. The zero-order valence-corrected chi connectivity index (χ0v) is 26.5. The van der Waals surface area contributed by atoms with Crippen LogP contribution in [0.25, 0.3) is 94.7 Å². The van der Waals surface area contributed by atoms with E-state index in [4.69, 9.17) is 26.2 Å². The van der Waals surface area contributed by atoms with Crippen molar-refractivity contribution in [1.82, 2.24) is 19.5 Å². The first-order chi connectivity index (χ1) is 26.9. The maximum absolute atomic E-state index is 8.60. The van der Waals surface area contributed by atoms with Crippen molar-refractivity contribution in [1.29, 1.82) is 0 Å². The summed E-state index contributed by atoms with van der Waals surface area (Å²) in [6.07, 6.45) is 0. The average molecular weight is 646 g/mol. The lowest BCUT2D eigenvalue weighted by molar-refractivity contribution is 0.670. The normalized spacial score (nSPS) is 13.0. The Balaban J connectivity index is 1.15. The zero-order chi connectivity index (χ0) is 37.4. The van der Waals surface area contributed by atoms with Gasteiger partial charge in [-0.3, -0.25) is 0 Å². The molecular formula is C45H28N4O. The molecule has 3 aromatic heterocycles. The molecule has 0 saturated carbocycles. The number of fused-ring (bicyclic) bond motifs is 6. The Kier molecular flexibility index (Phi) is 5.35. The molecule has 0 aliphatic carbocycles. The Morgan fingerprint density at radius 1 is 0.460 bits per heavy atom. The highest BCUT2D eigenvalue weighted by Crippen LogP contribution is 2.38. The van der Waals surface area contributed by atoms with Gasteiger partial charge in [-0.25, -0.2) is 15.0 Å². The van der Waals surface area contributed by atoms with Crippen molar-refractivity contribution in [2.24, 2.45) is 0 Å². The maximum Gasteiger partial charge on any atom is 0.164 e. The Morgan fingerprint density at radius 3 is 1.90 bits per heavy atom. The second kappa shape index (κ2) is 11.4. The Labute approximate surface area is 294 Å². The molecule has 0 bridgehead atoms. The monoisotopic (exact) mass is 645 g/mol. The van der Waals surface area contributed by atoms with Gasteiger partial charge in [0, 0.05) is 49.5 Å². The fourth-order valence-electron chi connectivity index (χ4n) is 6.84. The molecule has 0 N–H and O–H groups in total. The number of hydrogen-bond donors (Lipinski definition) is 0. The van der Waals surface area contributed by atoms with E-state index in [9.17, 15) is 0 Å². The second-order valence-corrected chi connectivity index (χ2v) is 12.1. The number of rotatable bonds is 5. The largest absolute Gasteiger partial charge is 0.455 e. The molecule has 3 heterocycles. The van der Waals surface area contributed by atoms with E-state index in [1.165, 1.54) is 0 Å². The minimum absolute atomic E-state index is 0.0920. The van der Waals surface area contributed by atoms with E-state index in [2.05, 4.69) is 59.2 Å². The minimum Gasteiger partial charge on any atom is -0.455 e. The highest BCUT2D eigenvalue weighted by atomic mass is 16.3. The van der Waals surface area contributed by atoms with E-state index in [1.54, 1.807) is 12.1 Å².